The second-order valence-corrected chi connectivity index (χ2v) is 8.76. The number of fused-ring (bicyclic) bond motifs is 3. The number of rotatable bonds is 5. The standard InChI is InChI=1S/C21H30N4OS/c1-3-5-10-17-22-20(25-13-11-24(12-14-25)18(26)4-2)19-15-8-6-7-9-16(15)27-21(19)23-17/h3-14H2,1-2H3. The number of piperazine rings is 1. The van der Waals surface area contributed by atoms with Crippen molar-refractivity contribution in [1.29, 1.82) is 0 Å². The predicted molar refractivity (Wildman–Crippen MR) is 112 cm³/mol. The molecule has 0 unspecified atom stereocenters. The molecule has 1 fully saturated rings. The van der Waals surface area contributed by atoms with E-state index in [1.165, 1.54) is 39.9 Å². The highest BCUT2D eigenvalue weighted by atomic mass is 32.1. The van der Waals surface area contributed by atoms with E-state index >= 15 is 0 Å². The zero-order valence-electron chi connectivity index (χ0n) is 16.6. The Labute approximate surface area is 165 Å². The number of unbranched alkanes of at least 4 members (excludes halogenated alkanes) is 1. The average molecular weight is 387 g/mol. The van der Waals surface area contributed by atoms with E-state index in [2.05, 4.69) is 11.8 Å². The van der Waals surface area contributed by atoms with Gasteiger partial charge in [0.1, 0.15) is 16.5 Å². The predicted octanol–water partition coefficient (Wildman–Crippen LogP) is 3.97. The lowest BCUT2D eigenvalue weighted by Gasteiger charge is -2.36. The molecule has 146 valence electrons. The van der Waals surface area contributed by atoms with Gasteiger partial charge in [-0.1, -0.05) is 20.3 Å². The lowest BCUT2D eigenvalue weighted by molar-refractivity contribution is -0.131. The van der Waals surface area contributed by atoms with Crippen molar-refractivity contribution < 1.29 is 4.79 Å². The average Bonchev–Trinajstić information content (AvgIpc) is 3.09. The van der Waals surface area contributed by atoms with E-state index in [0.29, 0.717) is 6.42 Å². The van der Waals surface area contributed by atoms with Crippen molar-refractivity contribution in [2.24, 2.45) is 0 Å². The summed E-state index contributed by atoms with van der Waals surface area (Å²) in [7, 11) is 0. The molecule has 5 nitrogen and oxygen atoms in total. The Morgan fingerprint density at radius 2 is 1.85 bits per heavy atom. The van der Waals surface area contributed by atoms with Crippen LogP contribution in [0.15, 0.2) is 0 Å². The maximum atomic E-state index is 12.0. The molecule has 2 aliphatic rings. The quantitative estimate of drug-likeness (QED) is 0.780. The maximum absolute atomic E-state index is 12.0. The van der Waals surface area contributed by atoms with Crippen LogP contribution in [0.5, 0.6) is 0 Å². The number of thiophene rings is 1. The summed E-state index contributed by atoms with van der Waals surface area (Å²) >= 11 is 1.89. The first-order valence-electron chi connectivity index (χ1n) is 10.5. The van der Waals surface area contributed by atoms with Crippen molar-refractivity contribution in [3.63, 3.8) is 0 Å². The topological polar surface area (TPSA) is 49.3 Å². The van der Waals surface area contributed by atoms with Crippen LogP contribution in [0.3, 0.4) is 0 Å². The molecule has 0 saturated carbocycles. The SMILES string of the molecule is CCCCc1nc(N2CCN(C(=O)CC)CC2)c2c3c(sc2n1)CCCC3. The van der Waals surface area contributed by atoms with E-state index < -0.39 is 0 Å². The summed E-state index contributed by atoms with van der Waals surface area (Å²) in [5, 5.41) is 1.31. The van der Waals surface area contributed by atoms with E-state index in [1.807, 2.05) is 23.2 Å². The summed E-state index contributed by atoms with van der Waals surface area (Å²) in [6.07, 6.45) is 8.77. The minimum Gasteiger partial charge on any atom is -0.352 e. The van der Waals surface area contributed by atoms with Crippen LogP contribution in [-0.2, 0) is 24.1 Å². The molecule has 1 aliphatic heterocycles. The molecule has 4 rings (SSSR count). The first kappa shape index (κ1) is 18.7. The van der Waals surface area contributed by atoms with Gasteiger partial charge in [-0.2, -0.15) is 0 Å². The number of carbonyl (C=O) groups is 1. The number of aryl methyl sites for hydroxylation is 3. The van der Waals surface area contributed by atoms with Gasteiger partial charge in [-0.25, -0.2) is 9.97 Å². The van der Waals surface area contributed by atoms with E-state index in [1.54, 1.807) is 0 Å². The van der Waals surface area contributed by atoms with Gasteiger partial charge < -0.3 is 9.80 Å². The molecular formula is C21H30N4OS. The molecule has 3 heterocycles. The van der Waals surface area contributed by atoms with E-state index in [0.717, 1.165) is 63.5 Å². The Morgan fingerprint density at radius 3 is 2.59 bits per heavy atom. The molecule has 1 aliphatic carbocycles. The summed E-state index contributed by atoms with van der Waals surface area (Å²) < 4.78 is 0. The smallest absolute Gasteiger partial charge is 0.222 e. The van der Waals surface area contributed by atoms with Crippen molar-refractivity contribution in [1.82, 2.24) is 14.9 Å². The Bertz CT molecular complexity index is 823. The largest absolute Gasteiger partial charge is 0.352 e. The third-order valence-corrected chi connectivity index (χ3v) is 7.02. The number of amides is 1. The number of aromatic nitrogens is 2. The Balaban J connectivity index is 1.69. The maximum Gasteiger partial charge on any atom is 0.222 e. The van der Waals surface area contributed by atoms with Gasteiger partial charge in [0, 0.05) is 43.9 Å². The van der Waals surface area contributed by atoms with Crippen LogP contribution in [0, 0.1) is 0 Å². The summed E-state index contributed by atoms with van der Waals surface area (Å²) in [6.45, 7) is 7.50. The van der Waals surface area contributed by atoms with Gasteiger partial charge in [-0.3, -0.25) is 4.79 Å². The second kappa shape index (κ2) is 8.13. The molecule has 0 radical (unpaired) electrons. The van der Waals surface area contributed by atoms with Crippen molar-refractivity contribution in [2.45, 2.75) is 65.2 Å². The van der Waals surface area contributed by atoms with Crippen molar-refractivity contribution in [2.75, 3.05) is 31.1 Å². The summed E-state index contributed by atoms with van der Waals surface area (Å²) in [5.74, 6) is 2.39. The van der Waals surface area contributed by atoms with E-state index in [9.17, 15) is 4.79 Å². The fraction of sp³-hybridized carbons (Fsp3) is 0.667. The van der Waals surface area contributed by atoms with Crippen LogP contribution >= 0.6 is 11.3 Å². The van der Waals surface area contributed by atoms with Crippen LogP contribution in [0.2, 0.25) is 0 Å². The molecule has 6 heteroatoms. The summed E-state index contributed by atoms with van der Waals surface area (Å²) in [6, 6.07) is 0. The fourth-order valence-electron chi connectivity index (χ4n) is 4.25. The molecule has 0 bridgehead atoms. The van der Waals surface area contributed by atoms with Gasteiger partial charge >= 0.3 is 0 Å². The van der Waals surface area contributed by atoms with Gasteiger partial charge in [-0.05, 0) is 37.7 Å². The monoisotopic (exact) mass is 386 g/mol. The zero-order chi connectivity index (χ0) is 18.8. The van der Waals surface area contributed by atoms with Gasteiger partial charge in [0.05, 0.1) is 5.39 Å². The van der Waals surface area contributed by atoms with Crippen LogP contribution in [0.4, 0.5) is 5.82 Å². The molecule has 0 atom stereocenters. The zero-order valence-corrected chi connectivity index (χ0v) is 17.4. The first-order valence-corrected chi connectivity index (χ1v) is 11.4. The van der Waals surface area contributed by atoms with E-state index in [-0.39, 0.29) is 5.91 Å². The third kappa shape index (κ3) is 3.68. The van der Waals surface area contributed by atoms with Crippen molar-refractivity contribution >= 4 is 33.3 Å². The van der Waals surface area contributed by atoms with Gasteiger partial charge in [-0.15, -0.1) is 11.3 Å². The Hall–Kier alpha value is -1.69. The Kier molecular flexibility index (Phi) is 5.62. The lowest BCUT2D eigenvalue weighted by atomic mass is 9.97. The number of anilines is 1. The van der Waals surface area contributed by atoms with Gasteiger partial charge in [0.25, 0.3) is 0 Å². The number of carbonyl (C=O) groups excluding carboxylic acids is 1. The molecule has 0 aromatic carbocycles. The number of hydrogen-bond acceptors (Lipinski definition) is 5. The molecule has 0 spiro atoms. The molecule has 1 saturated heterocycles. The highest BCUT2D eigenvalue weighted by molar-refractivity contribution is 7.19. The molecule has 27 heavy (non-hydrogen) atoms. The first-order chi connectivity index (χ1) is 13.2. The normalized spacial score (nSPS) is 17.4. The van der Waals surface area contributed by atoms with Crippen LogP contribution in [0.1, 0.15) is 62.2 Å². The lowest BCUT2D eigenvalue weighted by Crippen LogP contribution is -2.49. The van der Waals surface area contributed by atoms with Crippen molar-refractivity contribution in [3.8, 4) is 0 Å². The molecular weight excluding hydrogens is 356 g/mol. The van der Waals surface area contributed by atoms with Crippen LogP contribution in [0.25, 0.3) is 10.2 Å². The van der Waals surface area contributed by atoms with Gasteiger partial charge in [0.2, 0.25) is 5.91 Å². The summed E-state index contributed by atoms with van der Waals surface area (Å²) in [4.78, 5) is 29.1. The van der Waals surface area contributed by atoms with Gasteiger partial charge in [0.15, 0.2) is 0 Å². The third-order valence-electron chi connectivity index (χ3n) is 5.83. The molecule has 2 aromatic heterocycles. The highest BCUT2D eigenvalue weighted by Gasteiger charge is 2.26. The van der Waals surface area contributed by atoms with Crippen molar-refractivity contribution in [3.05, 3.63) is 16.3 Å². The van der Waals surface area contributed by atoms with Crippen LogP contribution in [-0.4, -0.2) is 47.0 Å². The molecule has 1 amide bonds. The number of nitrogens with zero attached hydrogens (tertiary/aromatic N) is 4. The van der Waals surface area contributed by atoms with Crippen LogP contribution < -0.4 is 4.90 Å². The Morgan fingerprint density at radius 1 is 1.07 bits per heavy atom. The van der Waals surface area contributed by atoms with E-state index in [4.69, 9.17) is 9.97 Å². The highest BCUT2D eigenvalue weighted by Crippen LogP contribution is 2.40. The minimum atomic E-state index is 0.263. The second-order valence-electron chi connectivity index (χ2n) is 7.68. The molecule has 0 N–H and O–H groups in total. The fourth-order valence-corrected chi connectivity index (χ4v) is 5.52. The number of hydrogen-bond donors (Lipinski definition) is 0. The summed E-state index contributed by atoms with van der Waals surface area (Å²) in [5.41, 5.74) is 1.50. The molecule has 2 aromatic rings. The minimum absolute atomic E-state index is 0.263.